The van der Waals surface area contributed by atoms with E-state index in [9.17, 15) is 23.3 Å². The molecule has 1 aliphatic rings. The summed E-state index contributed by atoms with van der Waals surface area (Å²) in [5.74, 6) is 0.404. The van der Waals surface area contributed by atoms with Gasteiger partial charge < -0.3 is 4.74 Å². The summed E-state index contributed by atoms with van der Waals surface area (Å²) in [5.41, 5.74) is 0.922. The molecule has 0 bridgehead atoms. The molecule has 0 radical (unpaired) electrons. The van der Waals surface area contributed by atoms with Gasteiger partial charge in [0.2, 0.25) is 0 Å². The number of methoxy groups -OCH3 is 1. The summed E-state index contributed by atoms with van der Waals surface area (Å²) >= 11 is 0. The van der Waals surface area contributed by atoms with Gasteiger partial charge >= 0.3 is 6.03 Å². The van der Waals surface area contributed by atoms with E-state index >= 15 is 0 Å². The molecule has 1 heterocycles. The van der Waals surface area contributed by atoms with E-state index in [-0.39, 0.29) is 28.5 Å². The van der Waals surface area contributed by atoms with Crippen LogP contribution >= 0.6 is 0 Å². The van der Waals surface area contributed by atoms with Gasteiger partial charge in [-0.2, -0.15) is 4.31 Å². The first-order chi connectivity index (χ1) is 14.8. The predicted octanol–water partition coefficient (Wildman–Crippen LogP) is 3.94. The van der Waals surface area contributed by atoms with Gasteiger partial charge in [-0.05, 0) is 29.8 Å². The van der Waals surface area contributed by atoms with Gasteiger partial charge in [0.1, 0.15) is 10.6 Å². The SMILES string of the molecule is COc1cccc(N2C(=O)N(Cc3ccc([N+](=O)[O-])cc3)c3ccccc3S2(=O)=O)c1. The molecule has 31 heavy (non-hydrogen) atoms. The molecule has 3 aromatic carbocycles. The number of amides is 2. The van der Waals surface area contributed by atoms with Crippen LogP contribution in [0.3, 0.4) is 0 Å². The molecule has 4 rings (SSSR count). The molecule has 1 aliphatic heterocycles. The van der Waals surface area contributed by atoms with Crippen molar-refractivity contribution < 1.29 is 22.9 Å². The third-order valence-corrected chi connectivity index (χ3v) is 6.60. The number of nitro benzene ring substituents is 1. The van der Waals surface area contributed by atoms with Crippen LogP contribution in [-0.2, 0) is 16.6 Å². The first-order valence-corrected chi connectivity index (χ1v) is 10.6. The van der Waals surface area contributed by atoms with Crippen LogP contribution in [0.25, 0.3) is 0 Å². The summed E-state index contributed by atoms with van der Waals surface area (Å²) in [6, 6.07) is 17.4. The number of sulfonamides is 1. The van der Waals surface area contributed by atoms with Crippen LogP contribution in [0.15, 0.2) is 77.7 Å². The monoisotopic (exact) mass is 439 g/mol. The van der Waals surface area contributed by atoms with Crippen LogP contribution in [0.4, 0.5) is 21.9 Å². The highest BCUT2D eigenvalue weighted by Crippen LogP contribution is 2.38. The maximum Gasteiger partial charge on any atom is 0.343 e. The van der Waals surface area contributed by atoms with Gasteiger partial charge in [-0.25, -0.2) is 13.2 Å². The number of para-hydroxylation sites is 1. The van der Waals surface area contributed by atoms with Gasteiger partial charge in [0.05, 0.1) is 30.0 Å². The largest absolute Gasteiger partial charge is 0.497 e. The molecule has 0 aliphatic carbocycles. The normalized spacial score (nSPS) is 14.8. The lowest BCUT2D eigenvalue weighted by molar-refractivity contribution is -0.384. The Hall–Kier alpha value is -3.92. The molecular formula is C21H17N3O6S. The molecular weight excluding hydrogens is 422 g/mol. The summed E-state index contributed by atoms with van der Waals surface area (Å²) in [6.07, 6.45) is 0. The highest BCUT2D eigenvalue weighted by atomic mass is 32.2. The van der Waals surface area contributed by atoms with Gasteiger partial charge in [-0.1, -0.05) is 30.3 Å². The molecule has 158 valence electrons. The van der Waals surface area contributed by atoms with E-state index in [0.29, 0.717) is 11.3 Å². The van der Waals surface area contributed by atoms with Crippen molar-refractivity contribution in [2.45, 2.75) is 11.4 Å². The molecule has 0 N–H and O–H groups in total. The smallest absolute Gasteiger partial charge is 0.343 e. The average Bonchev–Trinajstić information content (AvgIpc) is 2.77. The van der Waals surface area contributed by atoms with Gasteiger partial charge in [0.25, 0.3) is 15.7 Å². The Labute approximate surface area is 178 Å². The van der Waals surface area contributed by atoms with Crippen molar-refractivity contribution in [1.29, 1.82) is 0 Å². The van der Waals surface area contributed by atoms with Crippen molar-refractivity contribution in [3.8, 4) is 5.75 Å². The first-order valence-electron chi connectivity index (χ1n) is 9.16. The lowest BCUT2D eigenvalue weighted by Crippen LogP contribution is -2.50. The van der Waals surface area contributed by atoms with E-state index < -0.39 is 21.0 Å². The van der Waals surface area contributed by atoms with Gasteiger partial charge in [0.15, 0.2) is 0 Å². The highest BCUT2D eigenvalue weighted by Gasteiger charge is 2.42. The number of anilines is 2. The topological polar surface area (TPSA) is 110 Å². The zero-order valence-corrected chi connectivity index (χ0v) is 17.2. The van der Waals surface area contributed by atoms with Crippen molar-refractivity contribution >= 4 is 33.1 Å². The molecule has 0 aromatic heterocycles. The number of carbonyl (C=O) groups excluding carboxylic acids is 1. The fourth-order valence-electron chi connectivity index (χ4n) is 3.36. The first kappa shape index (κ1) is 20.4. The van der Waals surface area contributed by atoms with Crippen LogP contribution in [0.2, 0.25) is 0 Å². The maximum absolute atomic E-state index is 13.4. The minimum absolute atomic E-state index is 0.0145. The molecule has 0 spiro atoms. The number of nitro groups is 1. The number of carbonyl (C=O) groups is 1. The van der Waals surface area contributed by atoms with E-state index in [1.165, 1.54) is 54.5 Å². The number of ether oxygens (including phenoxy) is 1. The summed E-state index contributed by atoms with van der Waals surface area (Å²) < 4.78 is 32.5. The lowest BCUT2D eigenvalue weighted by Gasteiger charge is -2.36. The number of hydrogen-bond donors (Lipinski definition) is 0. The molecule has 0 saturated heterocycles. The Bertz CT molecular complexity index is 1270. The fraction of sp³-hybridized carbons (Fsp3) is 0.0952. The van der Waals surface area contributed by atoms with Gasteiger partial charge in [-0.3, -0.25) is 15.0 Å². The van der Waals surface area contributed by atoms with Crippen molar-refractivity contribution in [3.63, 3.8) is 0 Å². The van der Waals surface area contributed by atoms with Crippen LogP contribution in [-0.4, -0.2) is 26.5 Å². The number of benzene rings is 3. The van der Waals surface area contributed by atoms with Crippen molar-refractivity contribution in [1.82, 2.24) is 0 Å². The second kappa shape index (κ2) is 7.73. The number of urea groups is 1. The second-order valence-electron chi connectivity index (χ2n) is 6.73. The molecule has 0 atom stereocenters. The van der Waals surface area contributed by atoms with Crippen LogP contribution in [0.5, 0.6) is 5.75 Å². The third kappa shape index (κ3) is 3.57. The van der Waals surface area contributed by atoms with E-state index in [4.69, 9.17) is 4.74 Å². The van der Waals surface area contributed by atoms with Crippen molar-refractivity contribution in [2.75, 3.05) is 16.3 Å². The zero-order chi connectivity index (χ0) is 22.2. The quantitative estimate of drug-likeness (QED) is 0.440. The Morgan fingerprint density at radius 2 is 1.71 bits per heavy atom. The minimum Gasteiger partial charge on any atom is -0.497 e. The zero-order valence-electron chi connectivity index (χ0n) is 16.3. The van der Waals surface area contributed by atoms with Crippen LogP contribution < -0.4 is 13.9 Å². The Morgan fingerprint density at radius 1 is 1.00 bits per heavy atom. The van der Waals surface area contributed by atoms with E-state index in [1.807, 2.05) is 0 Å². The number of hydrogen-bond acceptors (Lipinski definition) is 6. The number of non-ortho nitro benzene ring substituents is 1. The molecule has 9 nitrogen and oxygen atoms in total. The van der Waals surface area contributed by atoms with Crippen molar-refractivity contribution in [2.24, 2.45) is 0 Å². The Kier molecular flexibility index (Phi) is 5.07. The van der Waals surface area contributed by atoms with Crippen LogP contribution in [0.1, 0.15) is 5.56 Å². The van der Waals surface area contributed by atoms with E-state index in [0.717, 1.165) is 4.31 Å². The Balaban J connectivity index is 1.81. The molecule has 0 saturated carbocycles. The van der Waals surface area contributed by atoms with E-state index in [2.05, 4.69) is 0 Å². The molecule has 10 heteroatoms. The third-order valence-electron chi connectivity index (χ3n) is 4.85. The molecule has 3 aromatic rings. The number of fused-ring (bicyclic) bond motifs is 1. The average molecular weight is 439 g/mol. The minimum atomic E-state index is -4.16. The fourth-order valence-corrected chi connectivity index (χ4v) is 4.94. The molecule has 0 unspecified atom stereocenters. The highest BCUT2D eigenvalue weighted by molar-refractivity contribution is 7.94. The van der Waals surface area contributed by atoms with Gasteiger partial charge in [-0.15, -0.1) is 0 Å². The van der Waals surface area contributed by atoms with Gasteiger partial charge in [0, 0.05) is 18.2 Å². The number of nitrogens with zero attached hydrogens (tertiary/aromatic N) is 3. The Morgan fingerprint density at radius 3 is 2.39 bits per heavy atom. The summed E-state index contributed by atoms with van der Waals surface area (Å²) in [6.45, 7) is 0.0316. The van der Waals surface area contributed by atoms with Crippen molar-refractivity contribution in [3.05, 3.63) is 88.5 Å². The second-order valence-corrected chi connectivity index (χ2v) is 8.49. The summed E-state index contributed by atoms with van der Waals surface area (Å²) in [5, 5.41) is 10.9. The maximum atomic E-state index is 13.4. The predicted molar refractivity (Wildman–Crippen MR) is 114 cm³/mol. The standard InChI is InChI=1S/C21H17N3O6S/c1-30-18-6-4-5-17(13-18)23-21(25)22(14-15-9-11-16(12-10-15)24(26)27)19-7-2-3-8-20(19)31(23,28)29/h2-13H,14H2,1H3. The summed E-state index contributed by atoms with van der Waals surface area (Å²) in [4.78, 5) is 25.1. The van der Waals surface area contributed by atoms with Crippen LogP contribution in [0, 0.1) is 10.1 Å². The number of rotatable bonds is 5. The summed E-state index contributed by atoms with van der Waals surface area (Å²) in [7, 11) is -2.71. The molecule has 2 amide bonds. The lowest BCUT2D eigenvalue weighted by atomic mass is 10.2. The molecule has 0 fully saturated rings. The van der Waals surface area contributed by atoms with E-state index in [1.54, 1.807) is 30.3 Å².